The Morgan fingerprint density at radius 3 is 2.35 bits per heavy atom. The Kier molecular flexibility index (Phi) is 7.66. The molecule has 8 heteroatoms. The minimum atomic E-state index is -1.24. The molecule has 3 aromatic carbocycles. The van der Waals surface area contributed by atoms with Gasteiger partial charge in [-0.1, -0.05) is 78.3 Å². The van der Waals surface area contributed by atoms with Gasteiger partial charge < -0.3 is 15.5 Å². The molecule has 2 N–H and O–H groups in total. The summed E-state index contributed by atoms with van der Waals surface area (Å²) < 4.78 is 0. The lowest BCUT2D eigenvalue weighted by Crippen LogP contribution is -2.56. The summed E-state index contributed by atoms with van der Waals surface area (Å²) in [5, 5.41) is 7.84. The zero-order valence-corrected chi connectivity index (χ0v) is 22.5. The maximum Gasteiger partial charge on any atom is 0.255 e. The van der Waals surface area contributed by atoms with E-state index in [4.69, 9.17) is 34.8 Å². The van der Waals surface area contributed by atoms with E-state index in [1.165, 1.54) is 6.42 Å². The predicted molar refractivity (Wildman–Crippen MR) is 151 cm³/mol. The van der Waals surface area contributed by atoms with Crippen LogP contribution in [0.3, 0.4) is 0 Å². The molecule has 2 amide bonds. The van der Waals surface area contributed by atoms with Crippen LogP contribution in [0.5, 0.6) is 0 Å². The topological polar surface area (TPSA) is 61.4 Å². The van der Waals surface area contributed by atoms with E-state index in [1.807, 2.05) is 41.3 Å². The van der Waals surface area contributed by atoms with E-state index in [-0.39, 0.29) is 30.8 Å². The maximum absolute atomic E-state index is 14.0. The molecule has 1 atom stereocenters. The molecule has 1 unspecified atom stereocenters. The molecule has 0 aromatic heterocycles. The second-order valence-electron chi connectivity index (χ2n) is 9.78. The minimum Gasteiger partial charge on any atom is -0.352 e. The fourth-order valence-corrected chi connectivity index (χ4v) is 6.13. The average Bonchev–Trinajstić information content (AvgIpc) is 3.13. The third-order valence-corrected chi connectivity index (χ3v) is 7.96. The third-order valence-electron chi connectivity index (χ3n) is 7.25. The maximum atomic E-state index is 14.0. The van der Waals surface area contributed by atoms with Gasteiger partial charge in [0.15, 0.2) is 5.54 Å². The van der Waals surface area contributed by atoms with Gasteiger partial charge in [-0.15, -0.1) is 0 Å². The highest BCUT2D eigenvalue weighted by atomic mass is 35.5. The van der Waals surface area contributed by atoms with Crippen LogP contribution in [-0.2, 0) is 21.5 Å². The Bertz CT molecular complexity index is 1330. The second-order valence-corrected chi connectivity index (χ2v) is 11.1. The summed E-state index contributed by atoms with van der Waals surface area (Å²) in [6.45, 7) is -0.0209. The van der Waals surface area contributed by atoms with Crippen molar-refractivity contribution in [3.05, 3.63) is 92.9 Å². The highest BCUT2D eigenvalue weighted by Gasteiger charge is 2.52. The van der Waals surface area contributed by atoms with Crippen molar-refractivity contribution in [1.29, 1.82) is 0 Å². The molecule has 3 aromatic rings. The lowest BCUT2D eigenvalue weighted by atomic mass is 9.82. The van der Waals surface area contributed by atoms with E-state index in [9.17, 15) is 9.59 Å². The van der Waals surface area contributed by atoms with Gasteiger partial charge in [0, 0.05) is 44.5 Å². The number of hydrogen-bond donors (Lipinski definition) is 2. The number of halogens is 3. The first-order chi connectivity index (χ1) is 17.8. The van der Waals surface area contributed by atoms with Crippen molar-refractivity contribution in [2.24, 2.45) is 0 Å². The fourth-order valence-electron chi connectivity index (χ4n) is 5.56. The van der Waals surface area contributed by atoms with Crippen molar-refractivity contribution in [3.63, 3.8) is 0 Å². The van der Waals surface area contributed by atoms with Crippen molar-refractivity contribution < 1.29 is 9.59 Å². The lowest BCUT2D eigenvalue weighted by molar-refractivity contribution is -0.122. The molecule has 192 valence electrons. The number of carbonyl (C=O) groups is 2. The van der Waals surface area contributed by atoms with E-state index in [1.54, 1.807) is 30.3 Å². The summed E-state index contributed by atoms with van der Waals surface area (Å²) in [6, 6.07) is 20.2. The summed E-state index contributed by atoms with van der Waals surface area (Å²) in [4.78, 5) is 29.4. The summed E-state index contributed by atoms with van der Waals surface area (Å²) >= 11 is 19.0. The summed E-state index contributed by atoms with van der Waals surface area (Å²) in [5.41, 5.74) is 1.67. The van der Waals surface area contributed by atoms with Gasteiger partial charge in [0.25, 0.3) is 5.91 Å². The van der Waals surface area contributed by atoms with Crippen LogP contribution in [0.25, 0.3) is 0 Å². The second kappa shape index (κ2) is 10.9. The van der Waals surface area contributed by atoms with Crippen molar-refractivity contribution in [2.75, 3.05) is 16.8 Å². The average molecular weight is 557 g/mol. The summed E-state index contributed by atoms with van der Waals surface area (Å²) in [7, 11) is 0. The fraction of sp³-hybridized carbons (Fsp3) is 0.310. The quantitative estimate of drug-likeness (QED) is 0.330. The number of anilines is 2. The van der Waals surface area contributed by atoms with Crippen molar-refractivity contribution in [1.82, 2.24) is 5.32 Å². The molecule has 2 aliphatic rings. The molecule has 0 bridgehead atoms. The van der Waals surface area contributed by atoms with Crippen LogP contribution >= 0.6 is 34.8 Å². The molecule has 37 heavy (non-hydrogen) atoms. The molecular weight excluding hydrogens is 529 g/mol. The molecule has 1 fully saturated rings. The Morgan fingerprint density at radius 2 is 1.62 bits per heavy atom. The number of fused-ring (bicyclic) bond motifs is 1. The van der Waals surface area contributed by atoms with Gasteiger partial charge in [0.2, 0.25) is 5.91 Å². The largest absolute Gasteiger partial charge is 0.352 e. The SMILES string of the molecule is O=C(CN(c1cccc(Cl)c1)C1(Cc2cccc(Cl)c2)C(=O)Nc2cc(Cl)ccc21)NC1CCCCC1. The van der Waals surface area contributed by atoms with E-state index in [0.29, 0.717) is 26.4 Å². The first-order valence-electron chi connectivity index (χ1n) is 12.5. The van der Waals surface area contributed by atoms with Crippen LogP contribution in [0.4, 0.5) is 11.4 Å². The van der Waals surface area contributed by atoms with Crippen LogP contribution in [0, 0.1) is 0 Å². The molecule has 0 saturated heterocycles. The Labute approximate surface area is 232 Å². The monoisotopic (exact) mass is 555 g/mol. The summed E-state index contributed by atoms with van der Waals surface area (Å²) in [5.74, 6) is -0.372. The number of benzene rings is 3. The number of amides is 2. The zero-order valence-electron chi connectivity index (χ0n) is 20.3. The van der Waals surface area contributed by atoms with E-state index < -0.39 is 5.54 Å². The first-order valence-corrected chi connectivity index (χ1v) is 13.7. The van der Waals surface area contributed by atoms with Crippen LogP contribution in [-0.4, -0.2) is 24.4 Å². The van der Waals surface area contributed by atoms with Gasteiger partial charge in [-0.05, 0) is 60.9 Å². The van der Waals surface area contributed by atoms with E-state index in [0.717, 1.165) is 36.8 Å². The number of nitrogens with one attached hydrogen (secondary N) is 2. The molecule has 0 radical (unpaired) electrons. The standard InChI is InChI=1S/C29H28Cl3N3O2/c30-20-7-4-6-19(14-20)17-29(25-13-12-22(32)16-26(25)34-28(29)37)35(24-11-5-8-21(31)15-24)18-27(36)33-23-9-2-1-3-10-23/h4-8,11-16,23H,1-3,9-10,17-18H2,(H,33,36)(H,34,37). The molecule has 1 heterocycles. The molecule has 0 spiro atoms. The van der Waals surface area contributed by atoms with Crippen LogP contribution < -0.4 is 15.5 Å². The van der Waals surface area contributed by atoms with Crippen LogP contribution in [0.2, 0.25) is 15.1 Å². The smallest absolute Gasteiger partial charge is 0.255 e. The molecule has 5 nitrogen and oxygen atoms in total. The van der Waals surface area contributed by atoms with Crippen molar-refractivity contribution in [2.45, 2.75) is 50.1 Å². The number of hydrogen-bond acceptors (Lipinski definition) is 3. The molecule has 5 rings (SSSR count). The molecule has 1 saturated carbocycles. The minimum absolute atomic E-state index is 0.0209. The molecular formula is C29H28Cl3N3O2. The third kappa shape index (κ3) is 5.45. The van der Waals surface area contributed by atoms with Crippen LogP contribution in [0.15, 0.2) is 66.7 Å². The van der Waals surface area contributed by atoms with Crippen LogP contribution in [0.1, 0.15) is 43.2 Å². The van der Waals surface area contributed by atoms with Gasteiger partial charge in [0.05, 0.1) is 6.54 Å². The number of rotatable bonds is 7. The Morgan fingerprint density at radius 1 is 0.919 bits per heavy atom. The highest BCUT2D eigenvalue weighted by Crippen LogP contribution is 2.46. The van der Waals surface area contributed by atoms with E-state index in [2.05, 4.69) is 10.6 Å². The van der Waals surface area contributed by atoms with Gasteiger partial charge in [0.1, 0.15) is 0 Å². The first kappa shape index (κ1) is 25.9. The number of carbonyl (C=O) groups excluding carboxylic acids is 2. The van der Waals surface area contributed by atoms with E-state index >= 15 is 0 Å². The zero-order chi connectivity index (χ0) is 26.0. The normalized spacial score (nSPS) is 19.3. The van der Waals surface area contributed by atoms with Gasteiger partial charge in [-0.25, -0.2) is 0 Å². The molecule has 1 aliphatic carbocycles. The number of nitrogens with zero attached hydrogens (tertiary/aromatic N) is 1. The van der Waals surface area contributed by atoms with Gasteiger partial charge >= 0.3 is 0 Å². The Hall–Kier alpha value is -2.73. The highest BCUT2D eigenvalue weighted by molar-refractivity contribution is 6.31. The molecule has 1 aliphatic heterocycles. The van der Waals surface area contributed by atoms with Crippen molar-refractivity contribution >= 4 is 58.0 Å². The van der Waals surface area contributed by atoms with Crippen molar-refractivity contribution in [3.8, 4) is 0 Å². The summed E-state index contributed by atoms with van der Waals surface area (Å²) in [6.07, 6.45) is 5.65. The predicted octanol–water partition coefficient (Wildman–Crippen LogP) is 6.99. The Balaban J connectivity index is 1.63. The van der Waals surface area contributed by atoms with Gasteiger partial charge in [-0.3, -0.25) is 9.59 Å². The lowest BCUT2D eigenvalue weighted by Gasteiger charge is -2.41. The van der Waals surface area contributed by atoms with Gasteiger partial charge in [-0.2, -0.15) is 0 Å².